The highest BCUT2D eigenvalue weighted by Gasteiger charge is 2.22. The van der Waals surface area contributed by atoms with Gasteiger partial charge in [0.1, 0.15) is 5.82 Å². The van der Waals surface area contributed by atoms with E-state index in [0.717, 1.165) is 25.1 Å². The Balaban J connectivity index is 1.69. The highest BCUT2D eigenvalue weighted by Crippen LogP contribution is 2.22. The van der Waals surface area contributed by atoms with E-state index in [0.29, 0.717) is 12.1 Å². The molecule has 2 aromatic rings. The van der Waals surface area contributed by atoms with Crippen molar-refractivity contribution in [2.45, 2.75) is 44.3 Å². The molecule has 6 heteroatoms. The molecule has 1 heterocycles. The molecule has 1 aromatic heterocycles. The van der Waals surface area contributed by atoms with Gasteiger partial charge in [0, 0.05) is 24.8 Å². The number of hydrogen-bond donors (Lipinski definition) is 2. The Hall–Kier alpha value is -2.18. The Morgan fingerprint density at radius 2 is 2.00 bits per heavy atom. The Kier molecular flexibility index (Phi) is 4.97. The molecule has 4 N–H and O–H groups in total. The monoisotopic (exact) mass is 327 g/mol. The van der Waals surface area contributed by atoms with Crippen LogP contribution in [0.15, 0.2) is 41.3 Å². The summed E-state index contributed by atoms with van der Waals surface area (Å²) in [5.41, 5.74) is 13.3. The molecule has 3 rings (SSSR count). The third kappa shape index (κ3) is 3.83. The third-order valence-corrected chi connectivity index (χ3v) is 4.78. The second kappa shape index (κ2) is 7.15. The second-order valence-electron chi connectivity index (χ2n) is 6.67. The zero-order valence-corrected chi connectivity index (χ0v) is 14.1. The molecule has 1 aliphatic rings. The number of aromatic nitrogens is 2. The minimum Gasteiger partial charge on any atom is -0.383 e. The number of rotatable bonds is 4. The van der Waals surface area contributed by atoms with E-state index in [1.807, 2.05) is 12.1 Å². The van der Waals surface area contributed by atoms with Crippen LogP contribution in [0.25, 0.3) is 5.69 Å². The van der Waals surface area contributed by atoms with Crippen LogP contribution in [0, 0.1) is 0 Å². The first-order valence-electron chi connectivity index (χ1n) is 8.43. The second-order valence-corrected chi connectivity index (χ2v) is 6.67. The molecule has 1 aliphatic carbocycles. The molecule has 128 valence electrons. The Labute approximate surface area is 142 Å². The highest BCUT2D eigenvalue weighted by molar-refractivity contribution is 5.36. The maximum Gasteiger partial charge on any atom is 0.354 e. The first kappa shape index (κ1) is 16.7. The number of hydrogen-bond acceptors (Lipinski definition) is 5. The summed E-state index contributed by atoms with van der Waals surface area (Å²) in [6.07, 6.45) is 6.29. The Morgan fingerprint density at radius 1 is 1.25 bits per heavy atom. The zero-order valence-electron chi connectivity index (χ0n) is 14.1. The van der Waals surface area contributed by atoms with Crippen LogP contribution in [-0.2, 0) is 6.54 Å². The lowest BCUT2D eigenvalue weighted by Gasteiger charge is -2.34. The molecule has 6 nitrogen and oxygen atoms in total. The molecule has 0 spiro atoms. The van der Waals surface area contributed by atoms with Crippen molar-refractivity contribution in [2.24, 2.45) is 5.73 Å². The SMILES string of the molecule is CN(Cc1ccc(-n2ccc(N)nc2=O)cc1)[C@H]1CCC[C@@H](N)C1. The molecule has 24 heavy (non-hydrogen) atoms. The summed E-state index contributed by atoms with van der Waals surface area (Å²) in [7, 11) is 2.16. The van der Waals surface area contributed by atoms with Crippen molar-refractivity contribution >= 4 is 5.82 Å². The van der Waals surface area contributed by atoms with Gasteiger partial charge in [-0.15, -0.1) is 0 Å². The van der Waals surface area contributed by atoms with Crippen LogP contribution in [0.4, 0.5) is 5.82 Å². The van der Waals surface area contributed by atoms with E-state index in [1.165, 1.54) is 23.0 Å². The van der Waals surface area contributed by atoms with Crippen LogP contribution in [-0.4, -0.2) is 33.6 Å². The van der Waals surface area contributed by atoms with Gasteiger partial charge in [-0.3, -0.25) is 9.47 Å². The number of anilines is 1. The third-order valence-electron chi connectivity index (χ3n) is 4.78. The van der Waals surface area contributed by atoms with Crippen molar-refractivity contribution in [1.82, 2.24) is 14.5 Å². The van der Waals surface area contributed by atoms with E-state index < -0.39 is 0 Å². The van der Waals surface area contributed by atoms with Gasteiger partial charge in [0.25, 0.3) is 0 Å². The Morgan fingerprint density at radius 3 is 2.67 bits per heavy atom. The lowest BCUT2D eigenvalue weighted by atomic mass is 9.90. The Bertz CT molecular complexity index is 740. The van der Waals surface area contributed by atoms with E-state index >= 15 is 0 Å². The predicted octanol–water partition coefficient (Wildman–Crippen LogP) is 1.52. The van der Waals surface area contributed by atoms with Gasteiger partial charge in [-0.2, -0.15) is 4.98 Å². The van der Waals surface area contributed by atoms with Gasteiger partial charge < -0.3 is 11.5 Å². The van der Waals surface area contributed by atoms with E-state index in [4.69, 9.17) is 11.5 Å². The fourth-order valence-electron chi connectivity index (χ4n) is 3.39. The quantitative estimate of drug-likeness (QED) is 0.888. The van der Waals surface area contributed by atoms with Crippen LogP contribution in [0.1, 0.15) is 31.2 Å². The summed E-state index contributed by atoms with van der Waals surface area (Å²) in [6, 6.07) is 10.5. The molecule has 0 radical (unpaired) electrons. The van der Waals surface area contributed by atoms with Crippen molar-refractivity contribution in [3.05, 3.63) is 52.6 Å². The number of nitrogens with two attached hydrogens (primary N) is 2. The number of nitrogen functional groups attached to an aromatic ring is 1. The predicted molar refractivity (Wildman–Crippen MR) is 95.9 cm³/mol. The maximum absolute atomic E-state index is 11.9. The summed E-state index contributed by atoms with van der Waals surface area (Å²) in [4.78, 5) is 18.0. The van der Waals surface area contributed by atoms with E-state index in [1.54, 1.807) is 12.3 Å². The van der Waals surface area contributed by atoms with Crippen molar-refractivity contribution in [2.75, 3.05) is 12.8 Å². The maximum atomic E-state index is 11.9. The van der Waals surface area contributed by atoms with E-state index in [2.05, 4.69) is 29.1 Å². The lowest BCUT2D eigenvalue weighted by molar-refractivity contribution is 0.173. The largest absolute Gasteiger partial charge is 0.383 e. The van der Waals surface area contributed by atoms with Gasteiger partial charge in [0.2, 0.25) is 0 Å². The summed E-state index contributed by atoms with van der Waals surface area (Å²) in [6.45, 7) is 0.882. The minimum atomic E-state index is -0.365. The minimum absolute atomic E-state index is 0.236. The van der Waals surface area contributed by atoms with Crippen LogP contribution >= 0.6 is 0 Å². The number of benzene rings is 1. The van der Waals surface area contributed by atoms with Gasteiger partial charge >= 0.3 is 5.69 Å². The summed E-state index contributed by atoms with van der Waals surface area (Å²) in [5.74, 6) is 0.236. The molecule has 0 unspecified atom stereocenters. The molecule has 0 bridgehead atoms. The van der Waals surface area contributed by atoms with Crippen molar-refractivity contribution in [1.29, 1.82) is 0 Å². The van der Waals surface area contributed by atoms with Crippen LogP contribution in [0.3, 0.4) is 0 Å². The van der Waals surface area contributed by atoms with E-state index in [-0.39, 0.29) is 11.5 Å². The molecular weight excluding hydrogens is 302 g/mol. The summed E-state index contributed by atoms with van der Waals surface area (Å²) in [5, 5.41) is 0. The topological polar surface area (TPSA) is 90.2 Å². The lowest BCUT2D eigenvalue weighted by Crippen LogP contribution is -2.40. The van der Waals surface area contributed by atoms with Crippen LogP contribution < -0.4 is 17.2 Å². The normalized spacial score (nSPS) is 21.1. The molecule has 1 saturated carbocycles. The fourth-order valence-corrected chi connectivity index (χ4v) is 3.39. The average molecular weight is 327 g/mol. The molecule has 2 atom stereocenters. The summed E-state index contributed by atoms with van der Waals surface area (Å²) >= 11 is 0. The van der Waals surface area contributed by atoms with Gasteiger partial charge in [0.05, 0.1) is 5.69 Å². The van der Waals surface area contributed by atoms with Crippen LogP contribution in [0.5, 0.6) is 0 Å². The van der Waals surface area contributed by atoms with Crippen molar-refractivity contribution in [3.8, 4) is 5.69 Å². The van der Waals surface area contributed by atoms with Crippen molar-refractivity contribution in [3.63, 3.8) is 0 Å². The van der Waals surface area contributed by atoms with Gasteiger partial charge in [0.15, 0.2) is 0 Å². The summed E-state index contributed by atoms with van der Waals surface area (Å²) < 4.78 is 1.49. The van der Waals surface area contributed by atoms with Gasteiger partial charge in [-0.05, 0) is 50.1 Å². The first-order valence-corrected chi connectivity index (χ1v) is 8.43. The fraction of sp³-hybridized carbons (Fsp3) is 0.444. The molecule has 1 fully saturated rings. The molecular formula is C18H25N5O. The van der Waals surface area contributed by atoms with Gasteiger partial charge in [-0.1, -0.05) is 18.6 Å². The molecule has 0 aliphatic heterocycles. The zero-order chi connectivity index (χ0) is 17.1. The van der Waals surface area contributed by atoms with Gasteiger partial charge in [-0.25, -0.2) is 4.79 Å². The molecule has 1 aromatic carbocycles. The smallest absolute Gasteiger partial charge is 0.354 e. The van der Waals surface area contributed by atoms with E-state index in [9.17, 15) is 4.79 Å². The first-order chi connectivity index (χ1) is 11.5. The van der Waals surface area contributed by atoms with Crippen molar-refractivity contribution < 1.29 is 0 Å². The molecule has 0 amide bonds. The average Bonchev–Trinajstić information content (AvgIpc) is 2.56. The standard InChI is InChI=1S/C18H25N5O/c1-22(16-4-2-3-14(19)11-16)12-13-5-7-15(8-6-13)23-10-9-17(20)21-18(23)24/h5-10,14,16H,2-4,11-12,19H2,1H3,(H2,20,21,24)/t14-,16+/m1/s1. The van der Waals surface area contributed by atoms with Crippen LogP contribution in [0.2, 0.25) is 0 Å². The highest BCUT2D eigenvalue weighted by atomic mass is 16.1. The molecule has 0 saturated heterocycles. The number of nitrogens with zero attached hydrogens (tertiary/aromatic N) is 3.